The molecular formula is C14H18FN3O. The summed E-state index contributed by atoms with van der Waals surface area (Å²) in [7, 11) is 1.84. The Balaban J connectivity index is 2.11. The van der Waals surface area contributed by atoms with Gasteiger partial charge in [-0.15, -0.1) is 0 Å². The maximum atomic E-state index is 13.5. The van der Waals surface area contributed by atoms with Gasteiger partial charge in [0.2, 0.25) is 0 Å². The molecule has 0 atom stereocenters. The van der Waals surface area contributed by atoms with Crippen LogP contribution in [0.1, 0.15) is 36.7 Å². The summed E-state index contributed by atoms with van der Waals surface area (Å²) in [4.78, 5) is 6.11. The van der Waals surface area contributed by atoms with Gasteiger partial charge in [-0.3, -0.25) is 0 Å². The van der Waals surface area contributed by atoms with Crippen molar-refractivity contribution < 1.29 is 8.91 Å². The van der Waals surface area contributed by atoms with E-state index in [0.717, 1.165) is 5.56 Å². The van der Waals surface area contributed by atoms with Crippen molar-refractivity contribution in [2.24, 2.45) is 0 Å². The van der Waals surface area contributed by atoms with E-state index in [1.807, 2.05) is 31.9 Å². The van der Waals surface area contributed by atoms with Gasteiger partial charge in [0.15, 0.2) is 5.82 Å². The number of halogens is 1. The zero-order valence-electron chi connectivity index (χ0n) is 11.6. The minimum Gasteiger partial charge on any atom is -0.323 e. The topological polar surface area (TPSA) is 42.2 Å². The number of hydrogen-bond acceptors (Lipinski definition) is 4. The lowest BCUT2D eigenvalue weighted by molar-refractivity contribution is 0.407. The van der Waals surface area contributed by atoms with E-state index < -0.39 is 0 Å². The molecule has 19 heavy (non-hydrogen) atoms. The molecule has 102 valence electrons. The van der Waals surface area contributed by atoms with Gasteiger partial charge in [-0.2, -0.15) is 4.98 Å². The van der Waals surface area contributed by atoms with Crippen molar-refractivity contribution in [2.45, 2.75) is 33.2 Å². The normalized spacial score (nSPS) is 11.1. The van der Waals surface area contributed by atoms with Crippen LogP contribution in [0.2, 0.25) is 0 Å². The fourth-order valence-corrected chi connectivity index (χ4v) is 1.69. The van der Waals surface area contributed by atoms with E-state index in [0.29, 0.717) is 23.9 Å². The van der Waals surface area contributed by atoms with Gasteiger partial charge in [0, 0.05) is 19.5 Å². The molecule has 0 spiro atoms. The van der Waals surface area contributed by atoms with E-state index >= 15 is 0 Å². The lowest BCUT2D eigenvalue weighted by atomic mass is 10.1. The van der Waals surface area contributed by atoms with Crippen LogP contribution in [0.15, 0.2) is 22.7 Å². The predicted octanol–water partition coefficient (Wildman–Crippen LogP) is 3.28. The number of benzene rings is 1. The average molecular weight is 263 g/mol. The molecule has 0 bridgehead atoms. The zero-order chi connectivity index (χ0) is 14.0. The standard InChI is InChI=1S/C14H18FN3O/c1-9(2)13-16-14(19-17-13)18(4)8-11-6-5-10(3)12(15)7-11/h5-7,9H,8H2,1-4H3. The van der Waals surface area contributed by atoms with E-state index in [1.165, 1.54) is 6.07 Å². The summed E-state index contributed by atoms with van der Waals surface area (Å²) in [5, 5.41) is 3.91. The Morgan fingerprint density at radius 3 is 2.68 bits per heavy atom. The first-order chi connectivity index (χ1) is 8.97. The van der Waals surface area contributed by atoms with E-state index in [1.54, 1.807) is 13.0 Å². The molecule has 0 aliphatic rings. The molecule has 0 amide bonds. The first-order valence-corrected chi connectivity index (χ1v) is 6.27. The second-order valence-corrected chi connectivity index (χ2v) is 5.03. The second kappa shape index (κ2) is 5.38. The van der Waals surface area contributed by atoms with Gasteiger partial charge in [-0.1, -0.05) is 31.1 Å². The monoisotopic (exact) mass is 263 g/mol. The number of hydrogen-bond donors (Lipinski definition) is 0. The van der Waals surface area contributed by atoms with Crippen LogP contribution in [-0.2, 0) is 6.54 Å². The minimum atomic E-state index is -0.195. The molecule has 0 saturated carbocycles. The molecular weight excluding hydrogens is 245 g/mol. The highest BCUT2D eigenvalue weighted by Gasteiger charge is 2.13. The van der Waals surface area contributed by atoms with Crippen LogP contribution in [0.4, 0.5) is 10.4 Å². The lowest BCUT2D eigenvalue weighted by Gasteiger charge is -2.13. The number of aromatic nitrogens is 2. The van der Waals surface area contributed by atoms with Crippen LogP contribution in [0.5, 0.6) is 0 Å². The Morgan fingerprint density at radius 1 is 1.37 bits per heavy atom. The van der Waals surface area contributed by atoms with Crippen LogP contribution in [0, 0.1) is 12.7 Å². The summed E-state index contributed by atoms with van der Waals surface area (Å²) >= 11 is 0. The maximum absolute atomic E-state index is 13.5. The molecule has 0 aliphatic heterocycles. The van der Waals surface area contributed by atoms with Crippen molar-refractivity contribution in [1.82, 2.24) is 10.1 Å². The molecule has 0 saturated heterocycles. The number of nitrogens with zero attached hydrogens (tertiary/aromatic N) is 3. The van der Waals surface area contributed by atoms with Crippen molar-refractivity contribution >= 4 is 6.01 Å². The largest absolute Gasteiger partial charge is 0.324 e. The van der Waals surface area contributed by atoms with Gasteiger partial charge in [-0.05, 0) is 24.1 Å². The fraction of sp³-hybridized carbons (Fsp3) is 0.429. The van der Waals surface area contributed by atoms with Crippen LogP contribution < -0.4 is 4.90 Å². The van der Waals surface area contributed by atoms with Crippen molar-refractivity contribution in [1.29, 1.82) is 0 Å². The molecule has 1 heterocycles. The molecule has 0 aliphatic carbocycles. The van der Waals surface area contributed by atoms with Crippen LogP contribution in [-0.4, -0.2) is 17.2 Å². The van der Waals surface area contributed by atoms with E-state index in [-0.39, 0.29) is 11.7 Å². The Kier molecular flexibility index (Phi) is 3.83. The number of aryl methyl sites for hydroxylation is 1. The Morgan fingerprint density at radius 2 is 2.11 bits per heavy atom. The van der Waals surface area contributed by atoms with Gasteiger partial charge in [0.25, 0.3) is 0 Å². The van der Waals surface area contributed by atoms with E-state index in [4.69, 9.17) is 4.52 Å². The molecule has 2 rings (SSSR count). The predicted molar refractivity (Wildman–Crippen MR) is 71.6 cm³/mol. The van der Waals surface area contributed by atoms with Gasteiger partial charge in [-0.25, -0.2) is 4.39 Å². The molecule has 2 aromatic rings. The number of rotatable bonds is 4. The molecule has 0 N–H and O–H groups in total. The summed E-state index contributed by atoms with van der Waals surface area (Å²) < 4.78 is 18.7. The summed E-state index contributed by atoms with van der Waals surface area (Å²) in [6.07, 6.45) is 0. The summed E-state index contributed by atoms with van der Waals surface area (Å²) in [5.41, 5.74) is 1.51. The average Bonchev–Trinajstić information content (AvgIpc) is 2.83. The van der Waals surface area contributed by atoms with Gasteiger partial charge in [0.05, 0.1) is 0 Å². The van der Waals surface area contributed by atoms with Crippen LogP contribution in [0.25, 0.3) is 0 Å². The summed E-state index contributed by atoms with van der Waals surface area (Å²) in [6.45, 7) is 6.28. The fourth-order valence-electron chi connectivity index (χ4n) is 1.69. The quantitative estimate of drug-likeness (QED) is 0.849. The lowest BCUT2D eigenvalue weighted by Crippen LogP contribution is -2.17. The second-order valence-electron chi connectivity index (χ2n) is 5.03. The SMILES string of the molecule is Cc1ccc(CN(C)c2nc(C(C)C)no2)cc1F. The Labute approximate surface area is 112 Å². The van der Waals surface area contributed by atoms with Gasteiger partial charge >= 0.3 is 6.01 Å². The maximum Gasteiger partial charge on any atom is 0.324 e. The molecule has 0 unspecified atom stereocenters. The third-order valence-electron chi connectivity index (χ3n) is 2.93. The third kappa shape index (κ3) is 3.10. The minimum absolute atomic E-state index is 0.195. The van der Waals surface area contributed by atoms with Gasteiger partial charge in [0.1, 0.15) is 5.82 Å². The highest BCUT2D eigenvalue weighted by Crippen LogP contribution is 2.18. The third-order valence-corrected chi connectivity index (χ3v) is 2.93. The van der Waals surface area contributed by atoms with Crippen molar-refractivity contribution in [3.8, 4) is 0 Å². The van der Waals surface area contributed by atoms with Crippen molar-refractivity contribution in [2.75, 3.05) is 11.9 Å². The first kappa shape index (κ1) is 13.5. The highest BCUT2D eigenvalue weighted by molar-refractivity contribution is 5.30. The first-order valence-electron chi connectivity index (χ1n) is 6.27. The molecule has 0 fully saturated rings. The van der Waals surface area contributed by atoms with Crippen molar-refractivity contribution in [3.05, 3.63) is 41.0 Å². The van der Waals surface area contributed by atoms with E-state index in [9.17, 15) is 4.39 Å². The number of anilines is 1. The van der Waals surface area contributed by atoms with Crippen LogP contribution in [0.3, 0.4) is 0 Å². The zero-order valence-corrected chi connectivity index (χ0v) is 11.6. The van der Waals surface area contributed by atoms with E-state index in [2.05, 4.69) is 10.1 Å². The van der Waals surface area contributed by atoms with Crippen LogP contribution >= 0.6 is 0 Å². The summed E-state index contributed by atoms with van der Waals surface area (Å²) in [6, 6.07) is 5.65. The molecule has 4 nitrogen and oxygen atoms in total. The molecule has 5 heteroatoms. The van der Waals surface area contributed by atoms with Crippen molar-refractivity contribution in [3.63, 3.8) is 0 Å². The Bertz CT molecular complexity index is 566. The van der Waals surface area contributed by atoms with Gasteiger partial charge < -0.3 is 9.42 Å². The molecule has 1 aromatic heterocycles. The summed E-state index contributed by atoms with van der Waals surface area (Å²) in [5.74, 6) is 0.707. The molecule has 1 aromatic carbocycles. The highest BCUT2D eigenvalue weighted by atomic mass is 19.1. The Hall–Kier alpha value is -1.91. The molecule has 0 radical (unpaired) electrons. The smallest absolute Gasteiger partial charge is 0.323 e.